The second kappa shape index (κ2) is 18.2. The molecule has 0 aliphatic heterocycles. The van der Waals surface area contributed by atoms with Gasteiger partial charge in [0.15, 0.2) is 0 Å². The van der Waals surface area contributed by atoms with Crippen molar-refractivity contribution in [1.82, 2.24) is 4.90 Å². The third-order valence-corrected chi connectivity index (χ3v) is 17.2. The van der Waals surface area contributed by atoms with Gasteiger partial charge in [0, 0.05) is 58.8 Å². The molecule has 0 bridgehead atoms. The van der Waals surface area contributed by atoms with E-state index in [0.717, 1.165) is 13.1 Å². The van der Waals surface area contributed by atoms with Crippen LogP contribution in [0.2, 0.25) is 0 Å². The monoisotopic (exact) mass is 635 g/mol. The first-order valence-electron chi connectivity index (χ1n) is 14.0. The van der Waals surface area contributed by atoms with Crippen LogP contribution < -0.4 is 0 Å². The van der Waals surface area contributed by atoms with Crippen molar-refractivity contribution in [2.45, 2.75) is 99.9 Å². The van der Waals surface area contributed by atoms with Gasteiger partial charge in [0.2, 0.25) is 0 Å². The molecule has 0 N–H and O–H groups in total. The molecule has 37 heavy (non-hydrogen) atoms. The number of rotatable bonds is 21. The van der Waals surface area contributed by atoms with E-state index in [4.69, 9.17) is 77.1 Å². The summed E-state index contributed by atoms with van der Waals surface area (Å²) in [4.78, 5) is 2.54. The minimum Gasteiger partial charge on any atom is -0.372 e. The van der Waals surface area contributed by atoms with Gasteiger partial charge in [0.05, 0.1) is 0 Å². The van der Waals surface area contributed by atoms with Gasteiger partial charge in [-0.1, -0.05) is 19.3 Å². The van der Waals surface area contributed by atoms with Crippen LogP contribution in [-0.2, 0) is 26.6 Å². The first-order chi connectivity index (χ1) is 17.5. The molecule has 0 heterocycles. The molecular formula is C24H53NO6S4Si2. The van der Waals surface area contributed by atoms with Crippen molar-refractivity contribution in [3.63, 3.8) is 0 Å². The van der Waals surface area contributed by atoms with Crippen LogP contribution in [0, 0.1) is 0 Å². The zero-order valence-electron chi connectivity index (χ0n) is 23.9. The van der Waals surface area contributed by atoms with E-state index >= 15 is 0 Å². The number of hydrogen-bond acceptors (Lipinski definition) is 11. The molecule has 0 unspecified atom stereocenters. The third kappa shape index (κ3) is 10.4. The first-order valence-corrected chi connectivity index (χ1v) is 19.2. The van der Waals surface area contributed by atoms with Crippen LogP contribution in [-0.4, -0.2) is 88.7 Å². The Morgan fingerprint density at radius 3 is 1.14 bits per heavy atom. The third-order valence-electron chi connectivity index (χ3n) is 6.57. The first kappa shape index (κ1) is 36.6. The molecule has 0 aromatic carbocycles. The maximum atomic E-state index is 6.15. The summed E-state index contributed by atoms with van der Waals surface area (Å²) in [5.41, 5.74) is 0. The lowest BCUT2D eigenvalue weighted by Gasteiger charge is -2.43. The van der Waals surface area contributed by atoms with Crippen LogP contribution >= 0.6 is 50.5 Å². The quantitative estimate of drug-likeness (QED) is 0.0735. The van der Waals surface area contributed by atoms with E-state index in [0.29, 0.717) is 58.5 Å². The van der Waals surface area contributed by atoms with Gasteiger partial charge >= 0.3 is 17.6 Å². The van der Waals surface area contributed by atoms with Crippen molar-refractivity contribution >= 4 is 68.1 Å². The highest BCUT2D eigenvalue weighted by molar-refractivity contribution is 8.03. The molecule has 13 heteroatoms. The standard InChI is InChI=1S/C24H53NO6S4Si2/c1-7-26-36(27-8-2,28-9-3)23(32,33)18-20-25(22-16-14-13-15-17-22)21-19-24(34,35)37(29-10-4,30-11-5)31-12-6/h22,32-35H,7-21H2,1-6H3. The molecule has 1 aliphatic carbocycles. The fourth-order valence-electron chi connectivity index (χ4n) is 4.91. The molecule has 1 rings (SSSR count). The van der Waals surface area contributed by atoms with Crippen LogP contribution in [0.3, 0.4) is 0 Å². The summed E-state index contributed by atoms with van der Waals surface area (Å²) < 4.78 is 35.2. The summed E-state index contributed by atoms with van der Waals surface area (Å²) in [6.45, 7) is 16.2. The minimum atomic E-state index is -3.14. The van der Waals surface area contributed by atoms with E-state index in [1.54, 1.807) is 0 Å². The topological polar surface area (TPSA) is 58.6 Å². The predicted molar refractivity (Wildman–Crippen MR) is 170 cm³/mol. The lowest BCUT2D eigenvalue weighted by atomic mass is 9.94. The van der Waals surface area contributed by atoms with Crippen LogP contribution in [0.5, 0.6) is 0 Å². The van der Waals surface area contributed by atoms with E-state index in [1.807, 2.05) is 41.5 Å². The zero-order chi connectivity index (χ0) is 28.0. The second-order valence-corrected chi connectivity index (χ2v) is 20.3. The Morgan fingerprint density at radius 1 is 0.568 bits per heavy atom. The molecule has 0 aromatic rings. The maximum Gasteiger partial charge on any atom is 0.528 e. The Bertz CT molecular complexity index is 542. The zero-order valence-corrected chi connectivity index (χ0v) is 29.4. The fourth-order valence-corrected chi connectivity index (χ4v) is 12.6. The molecule has 0 radical (unpaired) electrons. The van der Waals surface area contributed by atoms with Crippen LogP contribution in [0.4, 0.5) is 0 Å². The van der Waals surface area contributed by atoms with Crippen molar-refractivity contribution in [2.24, 2.45) is 0 Å². The summed E-state index contributed by atoms with van der Waals surface area (Å²) in [5, 5.41) is 0. The van der Waals surface area contributed by atoms with Crippen LogP contribution in [0.15, 0.2) is 0 Å². The largest absolute Gasteiger partial charge is 0.528 e. The Morgan fingerprint density at radius 2 is 0.865 bits per heavy atom. The van der Waals surface area contributed by atoms with Crippen molar-refractivity contribution in [3.05, 3.63) is 0 Å². The lowest BCUT2D eigenvalue weighted by molar-refractivity contribution is 0.0613. The summed E-state index contributed by atoms with van der Waals surface area (Å²) >= 11 is 20.0. The average Bonchev–Trinajstić information content (AvgIpc) is 2.85. The van der Waals surface area contributed by atoms with Gasteiger partial charge in [-0.05, 0) is 67.2 Å². The Balaban J connectivity index is 3.15. The van der Waals surface area contributed by atoms with Crippen molar-refractivity contribution < 1.29 is 26.6 Å². The molecule has 0 aromatic heterocycles. The van der Waals surface area contributed by atoms with Crippen molar-refractivity contribution in [2.75, 3.05) is 52.7 Å². The molecule has 1 aliphatic rings. The van der Waals surface area contributed by atoms with Gasteiger partial charge < -0.3 is 31.5 Å². The fraction of sp³-hybridized carbons (Fsp3) is 1.00. The molecular weight excluding hydrogens is 583 g/mol. The van der Waals surface area contributed by atoms with E-state index in [2.05, 4.69) is 4.90 Å². The Kier molecular flexibility index (Phi) is 18.0. The highest BCUT2D eigenvalue weighted by Crippen LogP contribution is 2.40. The average molecular weight is 636 g/mol. The summed E-state index contributed by atoms with van der Waals surface area (Å²) in [5.74, 6) is 0. The highest BCUT2D eigenvalue weighted by Gasteiger charge is 2.59. The molecule has 1 fully saturated rings. The van der Waals surface area contributed by atoms with Crippen LogP contribution in [0.25, 0.3) is 0 Å². The number of nitrogens with zero attached hydrogens (tertiary/aromatic N) is 1. The van der Waals surface area contributed by atoms with E-state index in [1.165, 1.54) is 32.1 Å². The second-order valence-electron chi connectivity index (χ2n) is 9.17. The Labute approximate surface area is 251 Å². The van der Waals surface area contributed by atoms with Crippen molar-refractivity contribution in [3.8, 4) is 0 Å². The van der Waals surface area contributed by atoms with E-state index in [-0.39, 0.29) is 0 Å². The summed E-state index contributed by atoms with van der Waals surface area (Å²) in [7, 11) is -6.29. The molecule has 0 saturated heterocycles. The van der Waals surface area contributed by atoms with Gasteiger partial charge in [-0.3, -0.25) is 0 Å². The summed E-state index contributed by atoms with van der Waals surface area (Å²) in [6, 6.07) is 0.480. The molecule has 0 spiro atoms. The molecule has 7 nitrogen and oxygen atoms in total. The number of thiol groups is 4. The van der Waals surface area contributed by atoms with Gasteiger partial charge in [-0.25, -0.2) is 0 Å². The maximum absolute atomic E-state index is 6.15. The highest BCUT2D eigenvalue weighted by atomic mass is 32.2. The number of hydrogen-bond donors (Lipinski definition) is 4. The summed E-state index contributed by atoms with van der Waals surface area (Å²) in [6.07, 6.45) is 7.43. The van der Waals surface area contributed by atoms with E-state index < -0.39 is 25.0 Å². The molecule has 0 amide bonds. The van der Waals surface area contributed by atoms with Gasteiger partial charge in [0.25, 0.3) is 0 Å². The minimum absolute atomic E-state index is 0.480. The van der Waals surface area contributed by atoms with Crippen LogP contribution in [0.1, 0.15) is 86.5 Å². The lowest BCUT2D eigenvalue weighted by Crippen LogP contribution is -2.62. The van der Waals surface area contributed by atoms with E-state index in [9.17, 15) is 0 Å². The smallest absolute Gasteiger partial charge is 0.372 e. The molecule has 222 valence electrons. The van der Waals surface area contributed by atoms with Gasteiger partial charge in [0.1, 0.15) is 7.40 Å². The van der Waals surface area contributed by atoms with Gasteiger partial charge in [-0.2, -0.15) is 50.5 Å². The SMILES string of the molecule is CCO[Si](OCC)(OCC)C(S)(S)CCN(CCC(S)(S)[Si](OCC)(OCC)OCC)C1CCCCC1. The normalized spacial score (nSPS) is 16.6. The molecule has 1 saturated carbocycles. The molecule has 0 atom stereocenters. The Hall–Kier alpha value is 1.55. The predicted octanol–water partition coefficient (Wildman–Crippen LogP) is 5.69. The van der Waals surface area contributed by atoms with Crippen molar-refractivity contribution in [1.29, 1.82) is 0 Å². The van der Waals surface area contributed by atoms with Gasteiger partial charge in [-0.15, -0.1) is 0 Å².